The second kappa shape index (κ2) is 9.41. The Labute approximate surface area is 149 Å². The molecule has 1 unspecified atom stereocenters. The molecule has 140 valence electrons. The van der Waals surface area contributed by atoms with Crippen LogP contribution in [0.25, 0.3) is 0 Å². The third-order valence-corrected chi connectivity index (χ3v) is 3.35. The van der Waals surface area contributed by atoms with Crippen molar-refractivity contribution < 1.29 is 33.0 Å². The molecule has 0 radical (unpaired) electrons. The summed E-state index contributed by atoms with van der Waals surface area (Å²) >= 11 is 6.10. The van der Waals surface area contributed by atoms with E-state index in [0.29, 0.717) is 6.61 Å². The molecule has 0 saturated carbocycles. The molecule has 25 heavy (non-hydrogen) atoms. The molecule has 1 aromatic carbocycles. The van der Waals surface area contributed by atoms with Crippen molar-refractivity contribution in [2.45, 2.75) is 32.7 Å². The van der Waals surface area contributed by atoms with E-state index in [9.17, 15) is 18.4 Å². The van der Waals surface area contributed by atoms with Gasteiger partial charge in [-0.15, -0.1) is 0 Å². The quantitative estimate of drug-likeness (QED) is 0.688. The van der Waals surface area contributed by atoms with Crippen molar-refractivity contribution in [1.29, 1.82) is 0 Å². The first-order chi connectivity index (χ1) is 11.6. The highest BCUT2D eigenvalue weighted by atomic mass is 35.5. The lowest BCUT2D eigenvalue weighted by atomic mass is 10.1. The lowest BCUT2D eigenvalue weighted by Crippen LogP contribution is -2.42. The summed E-state index contributed by atoms with van der Waals surface area (Å²) in [4.78, 5) is 23.1. The van der Waals surface area contributed by atoms with E-state index in [1.807, 2.05) is 19.2 Å². The van der Waals surface area contributed by atoms with Gasteiger partial charge in [0, 0.05) is 12.0 Å². The van der Waals surface area contributed by atoms with Crippen LogP contribution in [0, 0.1) is 5.92 Å². The van der Waals surface area contributed by atoms with Gasteiger partial charge in [0.1, 0.15) is 6.04 Å². The normalized spacial score (nSPS) is 12.2. The van der Waals surface area contributed by atoms with Crippen molar-refractivity contribution in [2.24, 2.45) is 5.92 Å². The maximum absolute atomic E-state index is 12.4. The molecule has 0 aliphatic heterocycles. The first kappa shape index (κ1) is 21.0. The van der Waals surface area contributed by atoms with Gasteiger partial charge in [-0.1, -0.05) is 25.4 Å². The summed E-state index contributed by atoms with van der Waals surface area (Å²) in [5, 5.41) is 11.0. The van der Waals surface area contributed by atoms with Crippen molar-refractivity contribution in [1.82, 2.24) is 5.32 Å². The third-order valence-electron chi connectivity index (χ3n) is 3.07. The summed E-state index contributed by atoms with van der Waals surface area (Å²) in [7, 11) is 1.35. The Kier molecular flexibility index (Phi) is 7.89. The van der Waals surface area contributed by atoms with Crippen LogP contribution in [0.4, 0.5) is 8.78 Å². The van der Waals surface area contributed by atoms with Crippen molar-refractivity contribution in [2.75, 3.05) is 13.7 Å². The molecule has 0 saturated heterocycles. The minimum Gasteiger partial charge on any atom is -0.493 e. The second-order valence-corrected chi connectivity index (χ2v) is 6.09. The van der Waals surface area contributed by atoms with Crippen LogP contribution in [-0.4, -0.2) is 43.2 Å². The average molecular weight is 380 g/mol. The molecule has 0 aliphatic rings. The highest BCUT2D eigenvalue weighted by molar-refractivity contribution is 6.32. The lowest BCUT2D eigenvalue weighted by Gasteiger charge is -2.17. The van der Waals surface area contributed by atoms with Gasteiger partial charge in [-0.3, -0.25) is 4.79 Å². The largest absolute Gasteiger partial charge is 0.493 e. The molecule has 0 spiro atoms. The number of rotatable bonds is 9. The zero-order chi connectivity index (χ0) is 19.1. The molecule has 0 heterocycles. The Bertz CT molecular complexity index is 625. The maximum Gasteiger partial charge on any atom is 0.326 e. The first-order valence-corrected chi connectivity index (χ1v) is 7.85. The van der Waals surface area contributed by atoms with E-state index < -0.39 is 30.8 Å². The Morgan fingerprint density at radius 2 is 1.96 bits per heavy atom. The standard InChI is InChI=1S/C16H20ClF2NO5/c1-8(2)7-25-14-10(17)4-9(5-12(14)24-3)15(21)20-11(16(22)23)6-13(18)19/h4-5,8,11,13H,6-7H2,1-3H3,(H,20,21)(H,22,23). The molecule has 0 aromatic heterocycles. The number of carboxylic acid groups (broad SMARTS) is 1. The van der Waals surface area contributed by atoms with Gasteiger partial charge in [-0.25, -0.2) is 13.6 Å². The Morgan fingerprint density at radius 3 is 2.44 bits per heavy atom. The number of hydrogen-bond acceptors (Lipinski definition) is 4. The summed E-state index contributed by atoms with van der Waals surface area (Å²) in [6.45, 7) is 4.26. The summed E-state index contributed by atoms with van der Waals surface area (Å²) in [6, 6.07) is 0.850. The fourth-order valence-corrected chi connectivity index (χ4v) is 2.15. The molecular weight excluding hydrogens is 360 g/mol. The topological polar surface area (TPSA) is 84.9 Å². The molecule has 0 aliphatic carbocycles. The van der Waals surface area contributed by atoms with Crippen molar-refractivity contribution in [3.8, 4) is 11.5 Å². The first-order valence-electron chi connectivity index (χ1n) is 7.47. The molecule has 6 nitrogen and oxygen atoms in total. The lowest BCUT2D eigenvalue weighted by molar-refractivity contribution is -0.140. The predicted octanol–water partition coefficient (Wildman–Crippen LogP) is 3.22. The van der Waals surface area contributed by atoms with Crippen LogP contribution in [0.5, 0.6) is 11.5 Å². The molecule has 9 heteroatoms. The van der Waals surface area contributed by atoms with E-state index in [4.69, 9.17) is 26.2 Å². The minimum absolute atomic E-state index is 0.0285. The van der Waals surface area contributed by atoms with Crippen molar-refractivity contribution in [3.05, 3.63) is 22.7 Å². The van der Waals surface area contributed by atoms with Crippen molar-refractivity contribution >= 4 is 23.5 Å². The summed E-state index contributed by atoms with van der Waals surface area (Å²) in [5.41, 5.74) is -0.0285. The summed E-state index contributed by atoms with van der Waals surface area (Å²) < 4.78 is 35.5. The molecule has 1 aromatic rings. The number of nitrogens with one attached hydrogen (secondary N) is 1. The number of benzene rings is 1. The monoisotopic (exact) mass is 379 g/mol. The van der Waals surface area contributed by atoms with E-state index in [2.05, 4.69) is 0 Å². The minimum atomic E-state index is -2.87. The summed E-state index contributed by atoms with van der Waals surface area (Å²) in [6.07, 6.45) is -3.87. The Balaban J connectivity index is 3.02. The average Bonchev–Trinajstić information content (AvgIpc) is 2.51. The Hall–Kier alpha value is -2.09. The highest BCUT2D eigenvalue weighted by Gasteiger charge is 2.25. The number of hydrogen-bond donors (Lipinski definition) is 2. The second-order valence-electron chi connectivity index (χ2n) is 5.69. The summed E-state index contributed by atoms with van der Waals surface area (Å²) in [5.74, 6) is -1.75. The molecule has 1 atom stereocenters. The number of amides is 1. The maximum atomic E-state index is 12.4. The van der Waals surface area contributed by atoms with Crippen LogP contribution in [0.15, 0.2) is 12.1 Å². The predicted molar refractivity (Wildman–Crippen MR) is 87.8 cm³/mol. The molecule has 1 amide bonds. The van der Waals surface area contributed by atoms with Crippen LogP contribution in [0.1, 0.15) is 30.6 Å². The molecular formula is C16H20ClF2NO5. The molecule has 2 N–H and O–H groups in total. The van der Waals surface area contributed by atoms with Crippen LogP contribution >= 0.6 is 11.6 Å². The van der Waals surface area contributed by atoms with E-state index in [1.54, 1.807) is 0 Å². The van der Waals surface area contributed by atoms with Crippen LogP contribution in [0.3, 0.4) is 0 Å². The van der Waals surface area contributed by atoms with Gasteiger partial charge in [-0.05, 0) is 18.1 Å². The number of ether oxygens (including phenoxy) is 2. The number of carboxylic acids is 1. The number of aliphatic carboxylic acids is 1. The number of alkyl halides is 2. The number of methoxy groups -OCH3 is 1. The SMILES string of the molecule is COc1cc(C(=O)NC(CC(F)F)C(=O)O)cc(Cl)c1OCC(C)C. The number of halogens is 3. The van der Waals surface area contributed by atoms with Crippen LogP contribution in [0.2, 0.25) is 5.02 Å². The number of carbonyl (C=O) groups is 2. The smallest absolute Gasteiger partial charge is 0.326 e. The molecule has 1 rings (SSSR count). The van der Waals surface area contributed by atoms with Gasteiger partial charge in [0.05, 0.1) is 18.7 Å². The van der Waals surface area contributed by atoms with E-state index >= 15 is 0 Å². The highest BCUT2D eigenvalue weighted by Crippen LogP contribution is 2.36. The zero-order valence-corrected chi connectivity index (χ0v) is 14.8. The van der Waals surface area contributed by atoms with Crippen LogP contribution < -0.4 is 14.8 Å². The van der Waals surface area contributed by atoms with E-state index in [1.165, 1.54) is 19.2 Å². The van der Waals surface area contributed by atoms with E-state index in [-0.39, 0.29) is 28.0 Å². The third kappa shape index (κ3) is 6.38. The van der Waals surface area contributed by atoms with Gasteiger partial charge in [0.15, 0.2) is 11.5 Å². The van der Waals surface area contributed by atoms with Gasteiger partial charge < -0.3 is 19.9 Å². The Morgan fingerprint density at radius 1 is 1.32 bits per heavy atom. The zero-order valence-electron chi connectivity index (χ0n) is 14.0. The van der Waals surface area contributed by atoms with Gasteiger partial charge >= 0.3 is 5.97 Å². The fraction of sp³-hybridized carbons (Fsp3) is 0.500. The van der Waals surface area contributed by atoms with Gasteiger partial charge in [0.25, 0.3) is 5.91 Å². The molecule has 0 fully saturated rings. The fourth-order valence-electron chi connectivity index (χ4n) is 1.88. The number of carbonyl (C=O) groups excluding carboxylic acids is 1. The van der Waals surface area contributed by atoms with E-state index in [0.717, 1.165) is 0 Å². The van der Waals surface area contributed by atoms with Gasteiger partial charge in [0.2, 0.25) is 6.43 Å². The van der Waals surface area contributed by atoms with Gasteiger partial charge in [-0.2, -0.15) is 0 Å². The van der Waals surface area contributed by atoms with Crippen molar-refractivity contribution in [3.63, 3.8) is 0 Å². The van der Waals surface area contributed by atoms with Crippen LogP contribution in [-0.2, 0) is 4.79 Å². The molecule has 0 bridgehead atoms.